The van der Waals surface area contributed by atoms with Gasteiger partial charge in [-0.3, -0.25) is 0 Å². The minimum atomic E-state index is 0.451. The Balaban J connectivity index is 3.04. The number of hydrogen-bond acceptors (Lipinski definition) is 3. The largest absolute Gasteiger partial charge is 0.469 e. The Morgan fingerprint density at radius 2 is 2.09 bits per heavy atom. The van der Waals surface area contributed by atoms with Crippen LogP contribution in [-0.2, 0) is 9.47 Å². The molecule has 0 radical (unpaired) electrons. The van der Waals surface area contributed by atoms with Crippen molar-refractivity contribution in [3.05, 3.63) is 0 Å². The molecule has 0 aliphatic heterocycles. The van der Waals surface area contributed by atoms with E-state index in [1.54, 1.807) is 0 Å². The molecule has 0 bridgehead atoms. The van der Waals surface area contributed by atoms with Gasteiger partial charge in [-0.05, 0) is 26.1 Å². The molecule has 0 spiro atoms. The summed E-state index contributed by atoms with van der Waals surface area (Å²) >= 11 is 4.81. The molecule has 0 saturated carbocycles. The molecule has 0 atom stereocenters. The first kappa shape index (κ1) is 10.7. The van der Waals surface area contributed by atoms with Gasteiger partial charge in [-0.25, -0.2) is 0 Å². The summed E-state index contributed by atoms with van der Waals surface area (Å²) < 4.78 is 10.1. The normalized spacial score (nSPS) is 9.27. The van der Waals surface area contributed by atoms with Crippen LogP contribution in [0.5, 0.6) is 0 Å². The maximum Gasteiger partial charge on any atom is 0.256 e. The Kier molecular flexibility index (Phi) is 7.51. The van der Waals surface area contributed by atoms with Crippen molar-refractivity contribution in [1.29, 1.82) is 0 Å². The highest BCUT2D eigenvalue weighted by molar-refractivity contribution is 7.80. The summed E-state index contributed by atoms with van der Waals surface area (Å²) in [5, 5.41) is 3.33. The first-order valence-corrected chi connectivity index (χ1v) is 4.20. The lowest BCUT2D eigenvalue weighted by Crippen LogP contribution is -2.24. The highest BCUT2D eigenvalue weighted by Crippen LogP contribution is 1.79. The zero-order valence-electron chi connectivity index (χ0n) is 7.05. The fraction of sp³-hybridized carbons (Fsp3) is 0.857. The van der Waals surface area contributed by atoms with E-state index in [1.807, 2.05) is 13.8 Å². The van der Waals surface area contributed by atoms with Gasteiger partial charge in [0.25, 0.3) is 5.17 Å². The lowest BCUT2D eigenvalue weighted by Gasteiger charge is -2.07. The Morgan fingerprint density at radius 1 is 1.36 bits per heavy atom. The summed E-state index contributed by atoms with van der Waals surface area (Å²) in [6, 6.07) is 0. The minimum absolute atomic E-state index is 0.451. The minimum Gasteiger partial charge on any atom is -0.469 e. The highest BCUT2D eigenvalue weighted by atomic mass is 32.1. The van der Waals surface area contributed by atoms with Crippen molar-refractivity contribution < 1.29 is 9.47 Å². The number of hydrogen-bond donors (Lipinski definition) is 1. The molecule has 0 unspecified atom stereocenters. The predicted octanol–water partition coefficient (Wildman–Crippen LogP) is 0.934. The SMILES string of the molecule is CCNC(=S)OCCOCC. The van der Waals surface area contributed by atoms with Gasteiger partial charge in [0.15, 0.2) is 0 Å². The average Bonchev–Trinajstić information content (AvgIpc) is 1.99. The molecule has 0 aromatic heterocycles. The van der Waals surface area contributed by atoms with Gasteiger partial charge in [0, 0.05) is 13.2 Å². The molecule has 1 N–H and O–H groups in total. The topological polar surface area (TPSA) is 30.5 Å². The molecule has 11 heavy (non-hydrogen) atoms. The smallest absolute Gasteiger partial charge is 0.256 e. The van der Waals surface area contributed by atoms with E-state index < -0.39 is 0 Å². The van der Waals surface area contributed by atoms with Gasteiger partial charge in [0.05, 0.1) is 6.61 Å². The quantitative estimate of drug-likeness (QED) is 0.500. The number of rotatable bonds is 5. The molecule has 0 aliphatic rings. The van der Waals surface area contributed by atoms with Crippen molar-refractivity contribution >= 4 is 17.4 Å². The van der Waals surface area contributed by atoms with E-state index in [0.29, 0.717) is 18.4 Å². The van der Waals surface area contributed by atoms with Gasteiger partial charge in [-0.1, -0.05) is 0 Å². The van der Waals surface area contributed by atoms with Gasteiger partial charge in [-0.2, -0.15) is 0 Å². The van der Waals surface area contributed by atoms with Gasteiger partial charge in [-0.15, -0.1) is 0 Å². The zero-order valence-corrected chi connectivity index (χ0v) is 7.87. The van der Waals surface area contributed by atoms with Crippen LogP contribution in [0.2, 0.25) is 0 Å². The number of ether oxygens (including phenoxy) is 2. The van der Waals surface area contributed by atoms with Crippen molar-refractivity contribution in [2.45, 2.75) is 13.8 Å². The zero-order chi connectivity index (χ0) is 8.53. The Labute approximate surface area is 73.1 Å². The molecule has 0 amide bonds. The van der Waals surface area contributed by atoms with Crippen LogP contribution in [0.1, 0.15) is 13.8 Å². The van der Waals surface area contributed by atoms with Gasteiger partial charge < -0.3 is 14.8 Å². The Bertz CT molecular complexity index is 109. The standard InChI is InChI=1S/C7H15NO2S/c1-3-8-7(11)10-6-5-9-4-2/h3-6H2,1-2H3,(H,8,11). The fourth-order valence-corrected chi connectivity index (χ4v) is 0.761. The van der Waals surface area contributed by atoms with Gasteiger partial charge >= 0.3 is 0 Å². The van der Waals surface area contributed by atoms with E-state index in [4.69, 9.17) is 21.7 Å². The van der Waals surface area contributed by atoms with Crippen molar-refractivity contribution in [3.63, 3.8) is 0 Å². The van der Waals surface area contributed by atoms with E-state index in [-0.39, 0.29) is 0 Å². The molecule has 0 aliphatic carbocycles. The van der Waals surface area contributed by atoms with Crippen LogP contribution >= 0.6 is 12.2 Å². The first-order chi connectivity index (χ1) is 5.31. The van der Waals surface area contributed by atoms with Gasteiger partial charge in [0.1, 0.15) is 6.61 Å². The van der Waals surface area contributed by atoms with Crippen LogP contribution in [0.25, 0.3) is 0 Å². The van der Waals surface area contributed by atoms with E-state index >= 15 is 0 Å². The van der Waals surface area contributed by atoms with Crippen LogP contribution in [0.4, 0.5) is 0 Å². The Hall–Kier alpha value is -0.350. The van der Waals surface area contributed by atoms with E-state index in [1.165, 1.54) is 0 Å². The summed E-state index contributed by atoms with van der Waals surface area (Å²) in [5.41, 5.74) is 0. The monoisotopic (exact) mass is 177 g/mol. The molecular formula is C7H15NO2S. The van der Waals surface area contributed by atoms with Crippen molar-refractivity contribution in [2.75, 3.05) is 26.4 Å². The molecule has 0 aromatic rings. The van der Waals surface area contributed by atoms with Crippen molar-refractivity contribution in [1.82, 2.24) is 5.32 Å². The van der Waals surface area contributed by atoms with Crippen LogP contribution < -0.4 is 5.32 Å². The third-order valence-electron chi connectivity index (χ3n) is 0.986. The molecule has 3 nitrogen and oxygen atoms in total. The molecular weight excluding hydrogens is 162 g/mol. The summed E-state index contributed by atoms with van der Waals surface area (Å²) in [4.78, 5) is 0. The Morgan fingerprint density at radius 3 is 2.64 bits per heavy atom. The molecule has 0 saturated heterocycles. The van der Waals surface area contributed by atoms with E-state index in [2.05, 4.69) is 5.32 Å². The predicted molar refractivity (Wildman–Crippen MR) is 48.7 cm³/mol. The molecule has 0 rings (SSSR count). The molecule has 4 heteroatoms. The summed E-state index contributed by atoms with van der Waals surface area (Å²) in [6.07, 6.45) is 0. The summed E-state index contributed by atoms with van der Waals surface area (Å²) in [5.74, 6) is 0. The third-order valence-corrected chi connectivity index (χ3v) is 1.25. The molecule has 66 valence electrons. The summed E-state index contributed by atoms with van der Waals surface area (Å²) in [7, 11) is 0. The number of thiocarbonyl (C=S) groups is 1. The molecule has 0 heterocycles. The molecule has 0 fully saturated rings. The second-order valence-corrected chi connectivity index (χ2v) is 2.23. The van der Waals surface area contributed by atoms with Crippen LogP contribution in [0, 0.1) is 0 Å². The first-order valence-electron chi connectivity index (χ1n) is 3.79. The molecule has 0 aromatic carbocycles. The summed E-state index contributed by atoms with van der Waals surface area (Å²) in [6.45, 7) is 6.56. The number of nitrogens with one attached hydrogen (secondary N) is 1. The second-order valence-electron chi connectivity index (χ2n) is 1.86. The second kappa shape index (κ2) is 7.75. The van der Waals surface area contributed by atoms with Crippen molar-refractivity contribution in [3.8, 4) is 0 Å². The average molecular weight is 177 g/mol. The van der Waals surface area contributed by atoms with Crippen molar-refractivity contribution in [2.24, 2.45) is 0 Å². The lowest BCUT2D eigenvalue weighted by atomic mass is 10.7. The third kappa shape index (κ3) is 7.55. The lowest BCUT2D eigenvalue weighted by molar-refractivity contribution is 0.106. The van der Waals surface area contributed by atoms with E-state index in [0.717, 1.165) is 13.2 Å². The maximum atomic E-state index is 5.08. The highest BCUT2D eigenvalue weighted by Gasteiger charge is 1.92. The van der Waals surface area contributed by atoms with Crippen LogP contribution in [-0.4, -0.2) is 31.5 Å². The van der Waals surface area contributed by atoms with E-state index in [9.17, 15) is 0 Å². The maximum absolute atomic E-state index is 5.08. The van der Waals surface area contributed by atoms with Crippen LogP contribution in [0.3, 0.4) is 0 Å². The van der Waals surface area contributed by atoms with Crippen LogP contribution in [0.15, 0.2) is 0 Å². The fourth-order valence-electron chi connectivity index (χ4n) is 0.533. The van der Waals surface area contributed by atoms with Gasteiger partial charge in [0.2, 0.25) is 0 Å².